The number of hydrogen-bond acceptors (Lipinski definition) is 6. The maximum absolute atomic E-state index is 13.1. The smallest absolute Gasteiger partial charge is 0.229 e. The number of nitrogens with zero attached hydrogens (tertiary/aromatic N) is 4. The van der Waals surface area contributed by atoms with Crippen LogP contribution in [0.15, 0.2) is 54.2 Å². The molecule has 3 aromatic rings. The summed E-state index contributed by atoms with van der Waals surface area (Å²) in [7, 11) is 0. The number of nitrogens with one attached hydrogen (secondary N) is 1. The van der Waals surface area contributed by atoms with Gasteiger partial charge < -0.3 is 15.1 Å². The number of hydrogen-bond donors (Lipinski definition) is 1. The van der Waals surface area contributed by atoms with Crippen LogP contribution in [0.25, 0.3) is 0 Å². The van der Waals surface area contributed by atoms with Gasteiger partial charge in [0.05, 0.1) is 17.3 Å². The molecule has 1 N–H and O–H groups in total. The number of benzene rings is 1. The van der Waals surface area contributed by atoms with Crippen molar-refractivity contribution in [3.05, 3.63) is 64.6 Å². The van der Waals surface area contributed by atoms with Crippen LogP contribution in [-0.4, -0.2) is 35.5 Å². The zero-order valence-electron chi connectivity index (χ0n) is 16.8. The molecule has 7 heteroatoms. The lowest BCUT2D eigenvalue weighted by molar-refractivity contribution is -0.120. The fourth-order valence-electron chi connectivity index (χ4n) is 4.37. The van der Waals surface area contributed by atoms with Crippen LogP contribution in [0.4, 0.5) is 17.3 Å². The molecule has 154 valence electrons. The molecule has 2 aliphatic heterocycles. The zero-order valence-corrected chi connectivity index (χ0v) is 17.6. The molecule has 0 aliphatic carbocycles. The van der Waals surface area contributed by atoms with Crippen LogP contribution in [-0.2, 0) is 17.8 Å². The molecule has 0 spiro atoms. The van der Waals surface area contributed by atoms with E-state index in [1.165, 1.54) is 10.4 Å². The summed E-state index contributed by atoms with van der Waals surface area (Å²) in [4.78, 5) is 27.8. The molecule has 1 atom stereocenters. The number of para-hydroxylation sites is 2. The van der Waals surface area contributed by atoms with Gasteiger partial charge in [-0.25, -0.2) is 9.97 Å². The summed E-state index contributed by atoms with van der Waals surface area (Å²) < 4.78 is 0. The highest BCUT2D eigenvalue weighted by Crippen LogP contribution is 2.33. The molecule has 6 nitrogen and oxygen atoms in total. The first-order chi connectivity index (χ1) is 14.8. The summed E-state index contributed by atoms with van der Waals surface area (Å²) in [5, 5.41) is 5.40. The Kier molecular flexibility index (Phi) is 5.36. The third-order valence-electron chi connectivity index (χ3n) is 5.94. The van der Waals surface area contributed by atoms with E-state index in [9.17, 15) is 4.79 Å². The van der Waals surface area contributed by atoms with Crippen molar-refractivity contribution in [2.75, 3.05) is 34.8 Å². The van der Waals surface area contributed by atoms with Crippen molar-refractivity contribution < 1.29 is 4.79 Å². The number of carbonyl (C=O) groups excluding carboxylic acids is 1. The maximum Gasteiger partial charge on any atom is 0.229 e. The number of rotatable bonds is 4. The summed E-state index contributed by atoms with van der Waals surface area (Å²) >= 11 is 1.84. The van der Waals surface area contributed by atoms with Crippen molar-refractivity contribution >= 4 is 34.6 Å². The van der Waals surface area contributed by atoms with Gasteiger partial charge in [0.15, 0.2) is 0 Å². The molecule has 0 bridgehead atoms. The van der Waals surface area contributed by atoms with Crippen LogP contribution in [0, 0.1) is 5.92 Å². The van der Waals surface area contributed by atoms with Gasteiger partial charge in [0.25, 0.3) is 0 Å². The second-order valence-electron chi connectivity index (χ2n) is 7.88. The van der Waals surface area contributed by atoms with E-state index < -0.39 is 0 Å². The van der Waals surface area contributed by atoms with E-state index in [0.717, 1.165) is 50.3 Å². The van der Waals surface area contributed by atoms with E-state index in [0.29, 0.717) is 12.5 Å². The number of amides is 1. The van der Waals surface area contributed by atoms with Crippen molar-refractivity contribution in [3.63, 3.8) is 0 Å². The van der Waals surface area contributed by atoms with E-state index in [-0.39, 0.29) is 11.8 Å². The summed E-state index contributed by atoms with van der Waals surface area (Å²) in [5.74, 6) is 0.715. The lowest BCUT2D eigenvalue weighted by atomic mass is 9.97. The van der Waals surface area contributed by atoms with E-state index in [1.807, 2.05) is 35.6 Å². The highest BCUT2D eigenvalue weighted by Gasteiger charge is 2.28. The van der Waals surface area contributed by atoms with Gasteiger partial charge >= 0.3 is 0 Å². The molecule has 5 rings (SSSR count). The van der Waals surface area contributed by atoms with Gasteiger partial charge in [-0.05, 0) is 54.5 Å². The number of anilines is 3. The predicted octanol–water partition coefficient (Wildman–Crippen LogP) is 3.96. The Bertz CT molecular complexity index is 1020. The summed E-state index contributed by atoms with van der Waals surface area (Å²) in [6, 6.07) is 12.2. The quantitative estimate of drug-likeness (QED) is 0.694. The van der Waals surface area contributed by atoms with E-state index in [2.05, 4.69) is 42.6 Å². The van der Waals surface area contributed by atoms with Gasteiger partial charge in [-0.2, -0.15) is 0 Å². The third-order valence-corrected chi connectivity index (χ3v) is 6.96. The van der Waals surface area contributed by atoms with Gasteiger partial charge in [-0.1, -0.05) is 12.1 Å². The first-order valence-electron chi connectivity index (χ1n) is 10.5. The molecule has 2 aliphatic rings. The fraction of sp³-hybridized carbons (Fsp3) is 0.348. The largest absolute Gasteiger partial charge is 0.365 e. The topological polar surface area (TPSA) is 61.4 Å². The molecule has 2 aromatic heterocycles. The minimum atomic E-state index is -0.0690. The Labute approximate surface area is 180 Å². The van der Waals surface area contributed by atoms with Crippen LogP contribution in [0.3, 0.4) is 0 Å². The Hall–Kier alpha value is -2.93. The van der Waals surface area contributed by atoms with Crippen LogP contribution in [0.1, 0.15) is 23.3 Å². The average Bonchev–Trinajstić information content (AvgIpc) is 3.28. The van der Waals surface area contributed by atoms with Crippen molar-refractivity contribution in [2.24, 2.45) is 5.92 Å². The van der Waals surface area contributed by atoms with Crippen molar-refractivity contribution in [3.8, 4) is 0 Å². The van der Waals surface area contributed by atoms with Crippen LogP contribution >= 0.6 is 11.3 Å². The summed E-state index contributed by atoms with van der Waals surface area (Å²) in [6.07, 6.45) is 6.41. The van der Waals surface area contributed by atoms with Crippen LogP contribution < -0.4 is 15.1 Å². The lowest BCUT2D eigenvalue weighted by Crippen LogP contribution is -2.41. The van der Waals surface area contributed by atoms with Gasteiger partial charge in [0, 0.05) is 43.4 Å². The van der Waals surface area contributed by atoms with E-state index in [1.54, 1.807) is 12.4 Å². The summed E-state index contributed by atoms with van der Waals surface area (Å²) in [6.45, 7) is 3.42. The predicted molar refractivity (Wildman–Crippen MR) is 121 cm³/mol. The molecule has 0 unspecified atom stereocenters. The van der Waals surface area contributed by atoms with Gasteiger partial charge in [-0.15, -0.1) is 11.3 Å². The number of piperidine rings is 1. The summed E-state index contributed by atoms with van der Waals surface area (Å²) in [5.41, 5.74) is 3.40. The Morgan fingerprint density at radius 1 is 1.07 bits per heavy atom. The second kappa shape index (κ2) is 8.44. The molecule has 1 fully saturated rings. The minimum Gasteiger partial charge on any atom is -0.365 e. The molecule has 0 saturated carbocycles. The van der Waals surface area contributed by atoms with Crippen molar-refractivity contribution in [2.45, 2.75) is 25.8 Å². The first kappa shape index (κ1) is 19.1. The Balaban J connectivity index is 1.30. The number of carbonyl (C=O) groups is 1. The molecule has 1 aromatic carbocycles. The van der Waals surface area contributed by atoms with Crippen molar-refractivity contribution in [1.82, 2.24) is 9.97 Å². The number of aromatic nitrogens is 2. The van der Waals surface area contributed by atoms with Crippen LogP contribution in [0.5, 0.6) is 0 Å². The molecule has 1 amide bonds. The SMILES string of the molecule is O=C(Nc1ccccc1N1CCc2sccc2C1)[C@@H]1CCCN(c2ncccn2)C1. The molecule has 0 radical (unpaired) electrons. The highest BCUT2D eigenvalue weighted by molar-refractivity contribution is 7.10. The van der Waals surface area contributed by atoms with Gasteiger partial charge in [0.2, 0.25) is 11.9 Å². The monoisotopic (exact) mass is 419 g/mol. The standard InChI is InChI=1S/C23H25N5OS/c29-22(18-5-3-12-28(16-18)23-24-10-4-11-25-23)26-19-6-1-2-7-20(19)27-13-8-21-17(15-27)9-14-30-21/h1-2,4,6-7,9-11,14,18H,3,5,8,12-13,15-16H2,(H,26,29)/t18-/m1/s1. The van der Waals surface area contributed by atoms with Crippen LogP contribution in [0.2, 0.25) is 0 Å². The van der Waals surface area contributed by atoms with E-state index >= 15 is 0 Å². The average molecular weight is 420 g/mol. The van der Waals surface area contributed by atoms with Gasteiger partial charge in [0.1, 0.15) is 0 Å². The van der Waals surface area contributed by atoms with Crippen molar-refractivity contribution in [1.29, 1.82) is 0 Å². The molecular weight excluding hydrogens is 394 g/mol. The minimum absolute atomic E-state index is 0.0690. The molecular formula is C23H25N5OS. The molecule has 1 saturated heterocycles. The highest BCUT2D eigenvalue weighted by atomic mass is 32.1. The van der Waals surface area contributed by atoms with E-state index in [4.69, 9.17) is 0 Å². The number of thiophene rings is 1. The molecule has 4 heterocycles. The lowest BCUT2D eigenvalue weighted by Gasteiger charge is -2.33. The fourth-order valence-corrected chi connectivity index (χ4v) is 5.26. The normalized spacial score (nSPS) is 18.7. The zero-order chi connectivity index (χ0) is 20.3. The Morgan fingerprint density at radius 2 is 1.93 bits per heavy atom. The molecule has 30 heavy (non-hydrogen) atoms. The maximum atomic E-state index is 13.1. The second-order valence-corrected chi connectivity index (χ2v) is 8.88. The van der Waals surface area contributed by atoms with Gasteiger partial charge in [-0.3, -0.25) is 4.79 Å². The Morgan fingerprint density at radius 3 is 2.83 bits per heavy atom. The third kappa shape index (κ3) is 3.89. The first-order valence-corrected chi connectivity index (χ1v) is 11.4. The number of fused-ring (bicyclic) bond motifs is 1.